The van der Waals surface area contributed by atoms with Gasteiger partial charge in [0.2, 0.25) is 0 Å². The van der Waals surface area contributed by atoms with E-state index in [0.29, 0.717) is 11.6 Å². The van der Waals surface area contributed by atoms with Crippen molar-refractivity contribution in [3.05, 3.63) is 54.5 Å². The summed E-state index contributed by atoms with van der Waals surface area (Å²) in [5, 5.41) is 0.904. The summed E-state index contributed by atoms with van der Waals surface area (Å²) >= 11 is 1.60. The minimum Gasteiger partial charge on any atom is -0.451 e. The second kappa shape index (κ2) is 5.83. The Morgan fingerprint density at radius 2 is 2.15 bits per heavy atom. The van der Waals surface area contributed by atoms with Gasteiger partial charge in [-0.2, -0.15) is 0 Å². The molecule has 0 aromatic carbocycles. The third-order valence-corrected chi connectivity index (χ3v) is 3.52. The summed E-state index contributed by atoms with van der Waals surface area (Å²) in [5.74, 6) is 1.36. The molecule has 5 nitrogen and oxygen atoms in total. The molecule has 0 amide bonds. The minimum absolute atomic E-state index is 0.647. The maximum Gasteiger partial charge on any atom is 0.180 e. The van der Waals surface area contributed by atoms with Crippen molar-refractivity contribution in [2.45, 2.75) is 17.7 Å². The number of aromatic nitrogens is 4. The van der Waals surface area contributed by atoms with Gasteiger partial charge in [0, 0.05) is 17.6 Å². The summed E-state index contributed by atoms with van der Waals surface area (Å²) in [6, 6.07) is 7.66. The largest absolute Gasteiger partial charge is 0.451 e. The Bertz CT molecular complexity index is 686. The Balaban J connectivity index is 1.83. The van der Waals surface area contributed by atoms with Crippen LogP contribution >= 0.6 is 11.8 Å². The maximum atomic E-state index is 4.95. The fourth-order valence-electron chi connectivity index (χ4n) is 1.68. The molecule has 0 unspecified atom stereocenters. The number of hydrogen-bond acceptors (Lipinski definition) is 6. The van der Waals surface area contributed by atoms with Gasteiger partial charge in [-0.1, -0.05) is 17.8 Å². The number of aryl methyl sites for hydroxylation is 1. The highest BCUT2D eigenvalue weighted by atomic mass is 32.2. The Kier molecular flexibility index (Phi) is 3.73. The average Bonchev–Trinajstić information content (AvgIpc) is 2.99. The van der Waals surface area contributed by atoms with Crippen LogP contribution in [0.5, 0.6) is 0 Å². The Labute approximate surface area is 120 Å². The van der Waals surface area contributed by atoms with Crippen molar-refractivity contribution in [2.75, 3.05) is 0 Å². The van der Waals surface area contributed by atoms with E-state index in [1.807, 2.05) is 31.2 Å². The van der Waals surface area contributed by atoms with Crippen LogP contribution in [0.2, 0.25) is 0 Å². The normalized spacial score (nSPS) is 10.7. The Morgan fingerprint density at radius 3 is 2.90 bits per heavy atom. The summed E-state index contributed by atoms with van der Waals surface area (Å²) in [7, 11) is 0. The molecule has 0 aliphatic heterocycles. The number of nitrogens with zero attached hydrogens (tertiary/aromatic N) is 4. The van der Waals surface area contributed by atoms with E-state index in [4.69, 9.17) is 4.42 Å². The van der Waals surface area contributed by atoms with Gasteiger partial charge in [-0.05, 0) is 25.1 Å². The van der Waals surface area contributed by atoms with Gasteiger partial charge in [0.1, 0.15) is 17.0 Å². The first-order valence-electron chi connectivity index (χ1n) is 6.08. The molecular weight excluding hydrogens is 272 g/mol. The molecule has 3 heterocycles. The lowest BCUT2D eigenvalue weighted by molar-refractivity contribution is 0.557. The third-order valence-electron chi connectivity index (χ3n) is 2.58. The molecule has 0 spiro atoms. The number of oxazole rings is 1. The lowest BCUT2D eigenvalue weighted by atomic mass is 10.3. The van der Waals surface area contributed by atoms with Crippen molar-refractivity contribution >= 4 is 11.8 Å². The van der Waals surface area contributed by atoms with Gasteiger partial charge >= 0.3 is 0 Å². The van der Waals surface area contributed by atoms with Crippen LogP contribution < -0.4 is 0 Å². The number of pyridine rings is 1. The van der Waals surface area contributed by atoms with Crippen LogP contribution in [0, 0.1) is 6.92 Å². The standard InChI is InChI=1S/C14H12N4OS/c1-10-6-13(20-8-11-7-19-9-16-11)18-14(17-10)12-4-2-3-5-15-12/h2-7,9H,8H2,1H3. The van der Waals surface area contributed by atoms with Crippen LogP contribution in [-0.2, 0) is 5.75 Å². The number of rotatable bonds is 4. The second-order valence-electron chi connectivity index (χ2n) is 4.15. The first-order chi connectivity index (χ1) is 9.81. The highest BCUT2D eigenvalue weighted by Gasteiger charge is 2.07. The van der Waals surface area contributed by atoms with Crippen molar-refractivity contribution in [1.82, 2.24) is 19.9 Å². The predicted octanol–water partition coefficient (Wildman–Crippen LogP) is 3.13. The molecule has 0 saturated carbocycles. The van der Waals surface area contributed by atoms with Crippen LogP contribution in [0.4, 0.5) is 0 Å². The van der Waals surface area contributed by atoms with E-state index in [1.54, 1.807) is 24.2 Å². The Morgan fingerprint density at radius 1 is 1.20 bits per heavy atom. The van der Waals surface area contributed by atoms with E-state index in [0.717, 1.165) is 22.1 Å². The predicted molar refractivity (Wildman–Crippen MR) is 76.1 cm³/mol. The van der Waals surface area contributed by atoms with E-state index in [-0.39, 0.29) is 0 Å². The smallest absolute Gasteiger partial charge is 0.180 e. The second-order valence-corrected chi connectivity index (χ2v) is 5.15. The van der Waals surface area contributed by atoms with Crippen LogP contribution in [0.15, 0.2) is 52.6 Å². The molecule has 3 aromatic heterocycles. The van der Waals surface area contributed by atoms with Crippen LogP contribution in [0.1, 0.15) is 11.4 Å². The molecule has 6 heteroatoms. The van der Waals surface area contributed by atoms with Crippen molar-refractivity contribution < 1.29 is 4.42 Å². The third kappa shape index (κ3) is 3.03. The minimum atomic E-state index is 0.647. The highest BCUT2D eigenvalue weighted by molar-refractivity contribution is 7.98. The quantitative estimate of drug-likeness (QED) is 0.541. The molecule has 0 bridgehead atoms. The average molecular weight is 284 g/mol. The molecule has 0 aliphatic carbocycles. The van der Waals surface area contributed by atoms with Crippen molar-refractivity contribution in [3.8, 4) is 11.5 Å². The van der Waals surface area contributed by atoms with Gasteiger partial charge in [-0.3, -0.25) is 4.98 Å². The molecule has 0 fully saturated rings. The van der Waals surface area contributed by atoms with E-state index in [2.05, 4.69) is 19.9 Å². The van der Waals surface area contributed by atoms with Gasteiger partial charge in [0.25, 0.3) is 0 Å². The highest BCUT2D eigenvalue weighted by Crippen LogP contribution is 2.23. The molecule has 100 valence electrons. The molecule has 20 heavy (non-hydrogen) atoms. The van der Waals surface area contributed by atoms with E-state index in [1.165, 1.54) is 6.39 Å². The summed E-state index contributed by atoms with van der Waals surface area (Å²) in [4.78, 5) is 17.3. The van der Waals surface area contributed by atoms with Gasteiger partial charge in [-0.25, -0.2) is 15.0 Å². The molecule has 0 radical (unpaired) electrons. The van der Waals surface area contributed by atoms with Crippen LogP contribution in [0.25, 0.3) is 11.5 Å². The van der Waals surface area contributed by atoms with E-state index < -0.39 is 0 Å². The molecule has 0 atom stereocenters. The summed E-state index contributed by atoms with van der Waals surface area (Å²) in [5.41, 5.74) is 2.59. The zero-order chi connectivity index (χ0) is 13.8. The van der Waals surface area contributed by atoms with Crippen LogP contribution in [-0.4, -0.2) is 19.9 Å². The van der Waals surface area contributed by atoms with E-state index in [9.17, 15) is 0 Å². The Hall–Kier alpha value is -2.21. The summed E-state index contributed by atoms with van der Waals surface area (Å²) in [6.07, 6.45) is 4.81. The van der Waals surface area contributed by atoms with Crippen molar-refractivity contribution in [1.29, 1.82) is 0 Å². The molecule has 0 saturated heterocycles. The lowest BCUT2D eigenvalue weighted by Gasteiger charge is -2.04. The number of thioether (sulfide) groups is 1. The fourth-order valence-corrected chi connectivity index (χ4v) is 2.52. The van der Waals surface area contributed by atoms with Gasteiger partial charge in [-0.15, -0.1) is 0 Å². The molecule has 3 aromatic rings. The number of hydrogen-bond donors (Lipinski definition) is 0. The topological polar surface area (TPSA) is 64.7 Å². The maximum absolute atomic E-state index is 4.95. The SMILES string of the molecule is Cc1cc(SCc2cocn2)nc(-c2ccccn2)n1. The van der Waals surface area contributed by atoms with E-state index >= 15 is 0 Å². The first kappa shape index (κ1) is 12.8. The monoisotopic (exact) mass is 284 g/mol. The van der Waals surface area contributed by atoms with Crippen LogP contribution in [0.3, 0.4) is 0 Å². The molecule has 0 N–H and O–H groups in total. The zero-order valence-electron chi connectivity index (χ0n) is 10.9. The summed E-state index contributed by atoms with van der Waals surface area (Å²) in [6.45, 7) is 1.95. The fraction of sp³-hybridized carbons (Fsp3) is 0.143. The molecule has 3 rings (SSSR count). The summed E-state index contributed by atoms with van der Waals surface area (Å²) < 4.78 is 4.95. The molecular formula is C14H12N4OS. The molecule has 0 aliphatic rings. The first-order valence-corrected chi connectivity index (χ1v) is 7.07. The van der Waals surface area contributed by atoms with Gasteiger partial charge < -0.3 is 4.42 Å². The lowest BCUT2D eigenvalue weighted by Crippen LogP contribution is -1.95. The van der Waals surface area contributed by atoms with Crippen molar-refractivity contribution in [3.63, 3.8) is 0 Å². The zero-order valence-corrected chi connectivity index (χ0v) is 11.7. The van der Waals surface area contributed by atoms with Crippen molar-refractivity contribution in [2.24, 2.45) is 0 Å². The van der Waals surface area contributed by atoms with Gasteiger partial charge in [0.05, 0.1) is 5.69 Å². The van der Waals surface area contributed by atoms with Gasteiger partial charge in [0.15, 0.2) is 12.2 Å².